The number of fused-ring (bicyclic) bond motifs is 1. The van der Waals surface area contributed by atoms with Crippen LogP contribution in [-0.4, -0.2) is 25.3 Å². The molecule has 0 unspecified atom stereocenters. The highest BCUT2D eigenvalue weighted by Gasteiger charge is 2.24. The van der Waals surface area contributed by atoms with Gasteiger partial charge in [-0.15, -0.1) is 0 Å². The fraction of sp³-hybridized carbons (Fsp3) is 0.200. The number of nitrogen functional groups attached to an aromatic ring is 1. The van der Waals surface area contributed by atoms with Crippen LogP contribution in [0.1, 0.15) is 12.5 Å². The summed E-state index contributed by atoms with van der Waals surface area (Å²) in [4.78, 5) is 33.5. The number of aromatic nitrogens is 4. The maximum Gasteiger partial charge on any atom is 0.280 e. The number of carbonyl (C=O) groups excluding carboxylic acids is 1. The fourth-order valence-electron chi connectivity index (χ4n) is 1.96. The Labute approximate surface area is 95.0 Å². The van der Waals surface area contributed by atoms with Crippen molar-refractivity contribution in [3.8, 4) is 0 Å². The van der Waals surface area contributed by atoms with Gasteiger partial charge in [-0.25, -0.2) is 4.98 Å². The third kappa shape index (κ3) is 1.36. The van der Waals surface area contributed by atoms with Crippen LogP contribution in [0.5, 0.6) is 0 Å². The molecule has 0 aliphatic heterocycles. The van der Waals surface area contributed by atoms with Crippen molar-refractivity contribution in [3.05, 3.63) is 28.8 Å². The average molecular weight is 231 g/mol. The highest BCUT2D eigenvalue weighted by Crippen LogP contribution is 2.23. The number of H-pyrrole nitrogens is 1. The maximum absolute atomic E-state index is 11.6. The molecule has 2 aromatic heterocycles. The standard InChI is InChI=1S/C10H9N5O2/c11-10-13-8-7(9(17)14-10)12-4-15(8)5-2-1-3-6(5)16/h1,3-5H,2H2,(H3,11,13,14,17)/t5-/m0/s1. The van der Waals surface area contributed by atoms with Crippen molar-refractivity contribution >= 4 is 22.9 Å². The molecule has 0 bridgehead atoms. The van der Waals surface area contributed by atoms with Gasteiger partial charge in [0.2, 0.25) is 5.95 Å². The monoisotopic (exact) mass is 231 g/mol. The lowest BCUT2D eigenvalue weighted by atomic mass is 10.2. The number of anilines is 1. The van der Waals surface area contributed by atoms with Crippen LogP contribution in [-0.2, 0) is 4.79 Å². The lowest BCUT2D eigenvalue weighted by Crippen LogP contribution is -2.16. The summed E-state index contributed by atoms with van der Waals surface area (Å²) >= 11 is 0. The second-order valence-corrected chi connectivity index (χ2v) is 3.83. The SMILES string of the molecule is Nc1nc2c(ncn2[C@H]2CC=CC2=O)c(=O)[nH]1. The summed E-state index contributed by atoms with van der Waals surface area (Å²) in [6.07, 6.45) is 5.34. The molecule has 0 saturated heterocycles. The minimum absolute atomic E-state index is 0.0163. The summed E-state index contributed by atoms with van der Waals surface area (Å²) in [5.74, 6) is -0.00684. The minimum atomic E-state index is -0.398. The number of imidazole rings is 1. The molecule has 1 atom stereocenters. The van der Waals surface area contributed by atoms with Gasteiger partial charge in [-0.1, -0.05) is 6.08 Å². The predicted molar refractivity (Wildman–Crippen MR) is 60.4 cm³/mol. The fourth-order valence-corrected chi connectivity index (χ4v) is 1.96. The number of aromatic amines is 1. The van der Waals surface area contributed by atoms with E-state index in [0.717, 1.165) is 0 Å². The van der Waals surface area contributed by atoms with E-state index < -0.39 is 5.56 Å². The largest absolute Gasteiger partial charge is 0.369 e. The van der Waals surface area contributed by atoms with Gasteiger partial charge in [-0.2, -0.15) is 4.98 Å². The Morgan fingerprint density at radius 3 is 3.00 bits per heavy atom. The summed E-state index contributed by atoms with van der Waals surface area (Å²) in [7, 11) is 0. The van der Waals surface area contributed by atoms with Crippen LogP contribution in [0.4, 0.5) is 5.95 Å². The Morgan fingerprint density at radius 1 is 1.47 bits per heavy atom. The molecule has 0 spiro atoms. The van der Waals surface area contributed by atoms with Crippen molar-refractivity contribution in [2.75, 3.05) is 5.73 Å². The van der Waals surface area contributed by atoms with Gasteiger partial charge in [0.1, 0.15) is 6.04 Å². The number of hydrogen-bond acceptors (Lipinski definition) is 5. The number of rotatable bonds is 1. The van der Waals surface area contributed by atoms with Crippen LogP contribution < -0.4 is 11.3 Å². The molecule has 86 valence electrons. The lowest BCUT2D eigenvalue weighted by molar-refractivity contribution is -0.116. The Morgan fingerprint density at radius 2 is 2.29 bits per heavy atom. The number of allylic oxidation sites excluding steroid dienone is 2. The highest BCUT2D eigenvalue weighted by molar-refractivity contribution is 5.96. The van der Waals surface area contributed by atoms with Crippen molar-refractivity contribution in [2.45, 2.75) is 12.5 Å². The zero-order valence-electron chi connectivity index (χ0n) is 8.75. The van der Waals surface area contributed by atoms with Crippen LogP contribution in [0.2, 0.25) is 0 Å². The van der Waals surface area contributed by atoms with E-state index in [1.165, 1.54) is 12.4 Å². The van der Waals surface area contributed by atoms with Crippen LogP contribution in [0, 0.1) is 0 Å². The van der Waals surface area contributed by atoms with Crippen molar-refractivity contribution in [1.82, 2.24) is 19.5 Å². The van der Waals surface area contributed by atoms with Crippen molar-refractivity contribution in [3.63, 3.8) is 0 Å². The molecule has 0 aromatic carbocycles. The van der Waals surface area contributed by atoms with Gasteiger partial charge in [-0.3, -0.25) is 14.6 Å². The molecule has 3 rings (SSSR count). The van der Waals surface area contributed by atoms with Crippen molar-refractivity contribution in [1.29, 1.82) is 0 Å². The van der Waals surface area contributed by atoms with Crippen LogP contribution in [0.15, 0.2) is 23.3 Å². The Hall–Kier alpha value is -2.44. The quantitative estimate of drug-likeness (QED) is 0.705. The first-order valence-corrected chi connectivity index (χ1v) is 5.09. The average Bonchev–Trinajstić information content (AvgIpc) is 2.84. The molecule has 0 radical (unpaired) electrons. The third-order valence-electron chi connectivity index (χ3n) is 2.76. The molecule has 7 heteroatoms. The van der Waals surface area contributed by atoms with Gasteiger partial charge in [0.15, 0.2) is 16.9 Å². The molecule has 0 saturated carbocycles. The molecule has 1 aliphatic carbocycles. The number of nitrogens with one attached hydrogen (secondary N) is 1. The van der Waals surface area contributed by atoms with E-state index in [1.807, 2.05) is 0 Å². The number of ketones is 1. The zero-order valence-corrected chi connectivity index (χ0v) is 8.75. The second kappa shape index (κ2) is 3.27. The van der Waals surface area contributed by atoms with E-state index in [4.69, 9.17) is 5.73 Å². The molecule has 0 fully saturated rings. The first-order chi connectivity index (χ1) is 8.16. The summed E-state index contributed by atoms with van der Waals surface area (Å²) in [5, 5.41) is 0. The first-order valence-electron chi connectivity index (χ1n) is 5.09. The normalized spacial score (nSPS) is 19.3. The number of hydrogen-bond donors (Lipinski definition) is 2. The van der Waals surface area contributed by atoms with Gasteiger partial charge < -0.3 is 10.3 Å². The second-order valence-electron chi connectivity index (χ2n) is 3.83. The molecule has 2 heterocycles. The van der Waals surface area contributed by atoms with Gasteiger partial charge in [0.05, 0.1) is 6.33 Å². The van der Waals surface area contributed by atoms with Crippen molar-refractivity contribution in [2.24, 2.45) is 0 Å². The molecular weight excluding hydrogens is 222 g/mol. The number of carbonyl (C=O) groups is 1. The van der Waals surface area contributed by atoms with E-state index in [1.54, 1.807) is 10.6 Å². The minimum Gasteiger partial charge on any atom is -0.369 e. The maximum atomic E-state index is 11.6. The molecular formula is C10H9N5O2. The van der Waals surface area contributed by atoms with E-state index in [-0.39, 0.29) is 23.3 Å². The van der Waals surface area contributed by atoms with E-state index in [2.05, 4.69) is 15.0 Å². The summed E-state index contributed by atoms with van der Waals surface area (Å²) < 4.78 is 1.59. The molecule has 3 N–H and O–H groups in total. The van der Waals surface area contributed by atoms with E-state index >= 15 is 0 Å². The van der Waals surface area contributed by atoms with Gasteiger partial charge in [-0.05, 0) is 12.5 Å². The molecule has 0 amide bonds. The van der Waals surface area contributed by atoms with Crippen LogP contribution in [0.3, 0.4) is 0 Å². The Bertz CT molecular complexity index is 696. The lowest BCUT2D eigenvalue weighted by Gasteiger charge is -2.09. The Balaban J connectivity index is 2.25. The highest BCUT2D eigenvalue weighted by atomic mass is 16.1. The van der Waals surface area contributed by atoms with Gasteiger partial charge >= 0.3 is 0 Å². The smallest absolute Gasteiger partial charge is 0.280 e. The predicted octanol–water partition coefficient (Wildman–Crippen LogP) is -0.228. The first kappa shape index (κ1) is 9.76. The van der Waals surface area contributed by atoms with Crippen LogP contribution >= 0.6 is 0 Å². The summed E-state index contributed by atoms with van der Waals surface area (Å²) in [5.41, 5.74) is 5.61. The molecule has 2 aromatic rings. The summed E-state index contributed by atoms with van der Waals surface area (Å²) in [6, 6.07) is -0.367. The van der Waals surface area contributed by atoms with Gasteiger partial charge in [0, 0.05) is 0 Å². The number of nitrogens with two attached hydrogens (primary N) is 1. The molecule has 7 nitrogen and oxygen atoms in total. The third-order valence-corrected chi connectivity index (χ3v) is 2.76. The summed E-state index contributed by atoms with van der Waals surface area (Å²) in [6.45, 7) is 0. The van der Waals surface area contributed by atoms with Crippen LogP contribution in [0.25, 0.3) is 11.2 Å². The molecule has 1 aliphatic rings. The van der Waals surface area contributed by atoms with E-state index in [9.17, 15) is 9.59 Å². The Kier molecular flexibility index (Phi) is 1.88. The van der Waals surface area contributed by atoms with E-state index in [0.29, 0.717) is 12.1 Å². The topological polar surface area (TPSA) is 107 Å². The number of nitrogens with zero attached hydrogens (tertiary/aromatic N) is 3. The van der Waals surface area contributed by atoms with Gasteiger partial charge in [0.25, 0.3) is 5.56 Å². The van der Waals surface area contributed by atoms with Crippen molar-refractivity contribution < 1.29 is 4.79 Å². The zero-order chi connectivity index (χ0) is 12.0. The molecule has 17 heavy (non-hydrogen) atoms.